The minimum Gasteiger partial charge on any atom is -0.493 e. The number of methoxy groups -OCH3 is 1. The number of hydrogen-bond acceptors (Lipinski definition) is 5. The number of ether oxygens (including phenoxy) is 3. The van der Waals surface area contributed by atoms with E-state index in [-0.39, 0.29) is 12.7 Å². The van der Waals surface area contributed by atoms with Gasteiger partial charge in [0.2, 0.25) is 0 Å². The third-order valence-electron chi connectivity index (χ3n) is 3.56. The standard InChI is InChI=1S/C20H24N2O5/c1-13(2)27-17-10-9-15(11-18(17)25-4)20(24)22-21-19(23)12-26-16-8-6-5-7-14(16)3/h5-11,13H,12H2,1-4H3,(H,21,23)(H,22,24). The van der Waals surface area contributed by atoms with E-state index in [1.165, 1.54) is 7.11 Å². The number of nitrogens with one attached hydrogen (secondary N) is 2. The number of rotatable bonds is 7. The third kappa shape index (κ3) is 5.91. The van der Waals surface area contributed by atoms with Gasteiger partial charge in [-0.15, -0.1) is 0 Å². The van der Waals surface area contributed by atoms with Crippen LogP contribution in [0.3, 0.4) is 0 Å². The Bertz CT molecular complexity index is 805. The van der Waals surface area contributed by atoms with Crippen molar-refractivity contribution in [1.29, 1.82) is 0 Å². The SMILES string of the molecule is COc1cc(C(=O)NNC(=O)COc2ccccc2C)ccc1OC(C)C. The summed E-state index contributed by atoms with van der Waals surface area (Å²) in [5.74, 6) is 0.640. The maximum absolute atomic E-state index is 12.2. The predicted octanol–water partition coefficient (Wildman–Crippen LogP) is 2.63. The molecule has 0 spiro atoms. The van der Waals surface area contributed by atoms with Crippen LogP contribution in [-0.2, 0) is 4.79 Å². The van der Waals surface area contributed by atoms with Crippen molar-refractivity contribution in [3.8, 4) is 17.2 Å². The Balaban J connectivity index is 1.89. The molecule has 0 heterocycles. The lowest BCUT2D eigenvalue weighted by Crippen LogP contribution is -2.43. The quantitative estimate of drug-likeness (QED) is 0.730. The van der Waals surface area contributed by atoms with Gasteiger partial charge in [-0.25, -0.2) is 0 Å². The largest absolute Gasteiger partial charge is 0.493 e. The zero-order valence-corrected chi connectivity index (χ0v) is 15.9. The molecule has 0 fully saturated rings. The molecule has 7 heteroatoms. The number of hydrazine groups is 1. The number of amides is 2. The van der Waals surface area contributed by atoms with E-state index in [4.69, 9.17) is 14.2 Å². The molecule has 0 aliphatic heterocycles. The van der Waals surface area contributed by atoms with Crippen molar-refractivity contribution in [2.45, 2.75) is 26.9 Å². The second kappa shape index (κ2) is 9.47. The lowest BCUT2D eigenvalue weighted by molar-refractivity contribution is -0.123. The van der Waals surface area contributed by atoms with Gasteiger partial charge < -0.3 is 14.2 Å². The first kappa shape index (κ1) is 20.1. The molecule has 0 aliphatic carbocycles. The minimum atomic E-state index is -0.478. The number of aryl methyl sites for hydroxylation is 1. The van der Waals surface area contributed by atoms with E-state index in [1.807, 2.05) is 39.0 Å². The molecule has 7 nitrogen and oxygen atoms in total. The molecular weight excluding hydrogens is 348 g/mol. The Morgan fingerprint density at radius 2 is 1.74 bits per heavy atom. The van der Waals surface area contributed by atoms with E-state index in [1.54, 1.807) is 24.3 Å². The highest BCUT2D eigenvalue weighted by Crippen LogP contribution is 2.28. The van der Waals surface area contributed by atoms with Crippen molar-refractivity contribution >= 4 is 11.8 Å². The molecule has 27 heavy (non-hydrogen) atoms. The summed E-state index contributed by atoms with van der Waals surface area (Å²) in [4.78, 5) is 24.1. The highest BCUT2D eigenvalue weighted by atomic mass is 16.5. The van der Waals surface area contributed by atoms with E-state index in [0.29, 0.717) is 22.8 Å². The second-order valence-corrected chi connectivity index (χ2v) is 6.09. The number of benzene rings is 2. The Labute approximate surface area is 158 Å². The Morgan fingerprint density at radius 3 is 2.41 bits per heavy atom. The van der Waals surface area contributed by atoms with Crippen LogP contribution < -0.4 is 25.1 Å². The predicted molar refractivity (Wildman–Crippen MR) is 101 cm³/mol. The Hall–Kier alpha value is -3.22. The molecule has 144 valence electrons. The van der Waals surface area contributed by atoms with Gasteiger partial charge in [-0.1, -0.05) is 18.2 Å². The van der Waals surface area contributed by atoms with Crippen molar-refractivity contribution in [2.24, 2.45) is 0 Å². The Morgan fingerprint density at radius 1 is 1.00 bits per heavy atom. The molecule has 2 aromatic carbocycles. The summed E-state index contributed by atoms with van der Waals surface area (Å²) < 4.78 is 16.3. The molecule has 0 atom stereocenters. The molecule has 0 aliphatic rings. The molecule has 2 rings (SSSR count). The molecule has 2 N–H and O–H groups in total. The van der Waals surface area contributed by atoms with Crippen LogP contribution in [0.15, 0.2) is 42.5 Å². The molecule has 0 radical (unpaired) electrons. The van der Waals surface area contributed by atoms with Crippen molar-refractivity contribution in [3.05, 3.63) is 53.6 Å². The summed E-state index contributed by atoms with van der Waals surface area (Å²) in [6.07, 6.45) is -0.0221. The molecule has 2 aromatic rings. The van der Waals surface area contributed by atoms with Gasteiger partial charge in [0.1, 0.15) is 5.75 Å². The molecule has 0 saturated carbocycles. The number of carbonyl (C=O) groups excluding carboxylic acids is 2. The smallest absolute Gasteiger partial charge is 0.276 e. The van der Waals surface area contributed by atoms with Crippen molar-refractivity contribution in [1.82, 2.24) is 10.9 Å². The van der Waals surface area contributed by atoms with E-state index in [0.717, 1.165) is 5.56 Å². The first-order chi connectivity index (χ1) is 12.9. The fourth-order valence-electron chi connectivity index (χ4n) is 2.26. The Kier molecular flexibility index (Phi) is 7.05. The van der Waals surface area contributed by atoms with Gasteiger partial charge in [-0.2, -0.15) is 0 Å². The van der Waals surface area contributed by atoms with E-state index in [2.05, 4.69) is 10.9 Å². The number of hydrogen-bond donors (Lipinski definition) is 2. The van der Waals surface area contributed by atoms with Crippen LogP contribution in [0.25, 0.3) is 0 Å². The summed E-state index contributed by atoms with van der Waals surface area (Å²) in [5.41, 5.74) is 5.91. The molecular formula is C20H24N2O5. The van der Waals surface area contributed by atoms with Crippen LogP contribution in [0.2, 0.25) is 0 Å². The maximum Gasteiger partial charge on any atom is 0.276 e. The van der Waals surface area contributed by atoms with E-state index < -0.39 is 11.8 Å². The average molecular weight is 372 g/mol. The van der Waals surface area contributed by atoms with Gasteiger partial charge in [0.15, 0.2) is 18.1 Å². The van der Waals surface area contributed by atoms with Crippen LogP contribution in [0, 0.1) is 6.92 Å². The maximum atomic E-state index is 12.2. The highest BCUT2D eigenvalue weighted by Gasteiger charge is 2.13. The van der Waals surface area contributed by atoms with Crippen LogP contribution in [0.1, 0.15) is 29.8 Å². The van der Waals surface area contributed by atoms with Gasteiger partial charge in [0.25, 0.3) is 11.8 Å². The van der Waals surface area contributed by atoms with Gasteiger partial charge in [0, 0.05) is 5.56 Å². The normalized spacial score (nSPS) is 10.3. The van der Waals surface area contributed by atoms with Crippen LogP contribution in [0.5, 0.6) is 17.2 Å². The third-order valence-corrected chi connectivity index (χ3v) is 3.56. The fraction of sp³-hybridized carbons (Fsp3) is 0.300. The lowest BCUT2D eigenvalue weighted by atomic mass is 10.2. The van der Waals surface area contributed by atoms with E-state index >= 15 is 0 Å². The van der Waals surface area contributed by atoms with Crippen molar-refractivity contribution in [2.75, 3.05) is 13.7 Å². The molecule has 0 saturated heterocycles. The molecule has 0 bridgehead atoms. The molecule has 0 aromatic heterocycles. The average Bonchev–Trinajstić information content (AvgIpc) is 2.65. The monoisotopic (exact) mass is 372 g/mol. The van der Waals surface area contributed by atoms with Gasteiger partial charge >= 0.3 is 0 Å². The summed E-state index contributed by atoms with van der Waals surface area (Å²) in [5, 5.41) is 0. The molecule has 0 unspecified atom stereocenters. The zero-order valence-electron chi connectivity index (χ0n) is 15.9. The van der Waals surface area contributed by atoms with Gasteiger partial charge in [-0.05, 0) is 50.6 Å². The van der Waals surface area contributed by atoms with Crippen LogP contribution in [-0.4, -0.2) is 31.6 Å². The van der Waals surface area contributed by atoms with Gasteiger partial charge in [-0.3, -0.25) is 20.4 Å². The number of para-hydroxylation sites is 1. The minimum absolute atomic E-state index is 0.0221. The summed E-state index contributed by atoms with van der Waals surface area (Å²) >= 11 is 0. The number of carbonyl (C=O) groups is 2. The van der Waals surface area contributed by atoms with Crippen LogP contribution >= 0.6 is 0 Å². The van der Waals surface area contributed by atoms with Crippen molar-refractivity contribution < 1.29 is 23.8 Å². The summed E-state index contributed by atoms with van der Waals surface area (Å²) in [6, 6.07) is 12.1. The highest BCUT2D eigenvalue weighted by molar-refractivity contribution is 5.96. The molecule has 2 amide bonds. The van der Waals surface area contributed by atoms with Crippen LogP contribution in [0.4, 0.5) is 0 Å². The zero-order chi connectivity index (χ0) is 19.8. The topological polar surface area (TPSA) is 85.9 Å². The lowest BCUT2D eigenvalue weighted by Gasteiger charge is -2.14. The first-order valence-corrected chi connectivity index (χ1v) is 8.53. The summed E-state index contributed by atoms with van der Waals surface area (Å²) in [7, 11) is 1.49. The fourth-order valence-corrected chi connectivity index (χ4v) is 2.26. The summed E-state index contributed by atoms with van der Waals surface area (Å²) in [6.45, 7) is 5.47. The first-order valence-electron chi connectivity index (χ1n) is 8.53. The van der Waals surface area contributed by atoms with E-state index in [9.17, 15) is 9.59 Å². The second-order valence-electron chi connectivity index (χ2n) is 6.09. The van der Waals surface area contributed by atoms with Gasteiger partial charge in [0.05, 0.1) is 13.2 Å². The van der Waals surface area contributed by atoms with Crippen molar-refractivity contribution in [3.63, 3.8) is 0 Å².